The number of nitrogens with zero attached hydrogens (tertiary/aromatic N) is 2. The van der Waals surface area contributed by atoms with E-state index in [2.05, 4.69) is 4.90 Å². The molecule has 3 rings (SSSR count). The zero-order chi connectivity index (χ0) is 13.4. The second-order valence-electron chi connectivity index (χ2n) is 5.08. The molecule has 1 unspecified atom stereocenters. The molecule has 1 N–H and O–H groups in total. The Labute approximate surface area is 110 Å². The van der Waals surface area contributed by atoms with E-state index in [9.17, 15) is 9.59 Å². The minimum absolute atomic E-state index is 0.227. The van der Waals surface area contributed by atoms with Gasteiger partial charge in [-0.05, 0) is 12.5 Å². The number of carbonyl (C=O) groups excluding carboxylic acids is 1. The Morgan fingerprint density at radius 2 is 2.32 bits per heavy atom. The monoisotopic (exact) mass is 264 g/mol. The first-order chi connectivity index (χ1) is 9.15. The van der Waals surface area contributed by atoms with Gasteiger partial charge in [0.2, 0.25) is 5.91 Å². The highest BCUT2D eigenvalue weighted by Gasteiger charge is 2.35. The van der Waals surface area contributed by atoms with Gasteiger partial charge in [-0.2, -0.15) is 0 Å². The molecule has 2 fully saturated rings. The van der Waals surface area contributed by atoms with Crippen LogP contribution in [0.5, 0.6) is 0 Å². The van der Waals surface area contributed by atoms with E-state index < -0.39 is 5.97 Å². The molecular formula is C13H16N2O4. The van der Waals surface area contributed by atoms with Crippen molar-refractivity contribution >= 4 is 11.9 Å². The number of aromatic carboxylic acids is 1. The SMILES string of the molecule is O=C(O)c1ccoc1CN1CCN2C(=O)CCC2C1. The zero-order valence-electron chi connectivity index (χ0n) is 10.5. The predicted molar refractivity (Wildman–Crippen MR) is 65.7 cm³/mol. The number of carboxylic acids is 1. The van der Waals surface area contributed by atoms with Gasteiger partial charge >= 0.3 is 5.97 Å². The van der Waals surface area contributed by atoms with E-state index in [0.717, 1.165) is 26.1 Å². The number of amides is 1. The van der Waals surface area contributed by atoms with Crippen molar-refractivity contribution in [2.45, 2.75) is 25.4 Å². The van der Waals surface area contributed by atoms with E-state index in [-0.39, 0.29) is 17.5 Å². The van der Waals surface area contributed by atoms with Crippen LogP contribution in [0.25, 0.3) is 0 Å². The third-order valence-electron chi connectivity index (χ3n) is 3.92. The highest BCUT2D eigenvalue weighted by molar-refractivity contribution is 5.88. The summed E-state index contributed by atoms with van der Waals surface area (Å²) in [6.45, 7) is 2.78. The number of carbonyl (C=O) groups is 2. The zero-order valence-corrected chi connectivity index (χ0v) is 10.5. The van der Waals surface area contributed by atoms with Crippen LogP contribution in [0.1, 0.15) is 29.0 Å². The standard InChI is InChI=1S/C13H16N2O4/c16-12-2-1-9-7-14(4-5-15(9)12)8-11-10(13(17)18)3-6-19-11/h3,6,9H,1-2,4-5,7-8H2,(H,17,18). The normalized spacial score (nSPS) is 23.7. The summed E-state index contributed by atoms with van der Waals surface area (Å²) in [4.78, 5) is 26.7. The fourth-order valence-electron chi connectivity index (χ4n) is 2.93. The van der Waals surface area contributed by atoms with Gasteiger partial charge in [-0.15, -0.1) is 0 Å². The molecule has 2 aliphatic rings. The molecule has 19 heavy (non-hydrogen) atoms. The Morgan fingerprint density at radius 3 is 3.11 bits per heavy atom. The van der Waals surface area contributed by atoms with Crippen molar-refractivity contribution in [3.05, 3.63) is 23.7 Å². The second-order valence-corrected chi connectivity index (χ2v) is 5.08. The van der Waals surface area contributed by atoms with Gasteiger partial charge < -0.3 is 14.4 Å². The molecule has 2 aliphatic heterocycles. The molecule has 0 bridgehead atoms. The van der Waals surface area contributed by atoms with E-state index >= 15 is 0 Å². The maximum absolute atomic E-state index is 11.6. The smallest absolute Gasteiger partial charge is 0.339 e. The van der Waals surface area contributed by atoms with Gasteiger partial charge in [-0.25, -0.2) is 4.79 Å². The molecule has 6 nitrogen and oxygen atoms in total. The van der Waals surface area contributed by atoms with Crippen molar-refractivity contribution in [1.29, 1.82) is 0 Å². The summed E-state index contributed by atoms with van der Waals surface area (Å²) in [6.07, 6.45) is 2.95. The van der Waals surface area contributed by atoms with Crippen molar-refractivity contribution in [2.75, 3.05) is 19.6 Å². The van der Waals surface area contributed by atoms with Crippen molar-refractivity contribution in [2.24, 2.45) is 0 Å². The lowest BCUT2D eigenvalue weighted by molar-refractivity contribution is -0.130. The number of hydrogen-bond donors (Lipinski definition) is 1. The maximum Gasteiger partial charge on any atom is 0.339 e. The maximum atomic E-state index is 11.6. The van der Waals surface area contributed by atoms with Crippen LogP contribution in [-0.4, -0.2) is 52.5 Å². The average molecular weight is 264 g/mol. The van der Waals surface area contributed by atoms with Crippen LogP contribution in [0.15, 0.2) is 16.7 Å². The lowest BCUT2D eigenvalue weighted by Gasteiger charge is -2.37. The van der Waals surface area contributed by atoms with Crippen molar-refractivity contribution in [1.82, 2.24) is 9.80 Å². The molecule has 0 aliphatic carbocycles. The molecule has 1 aromatic rings. The fourth-order valence-corrected chi connectivity index (χ4v) is 2.93. The summed E-state index contributed by atoms with van der Waals surface area (Å²) in [7, 11) is 0. The Bertz CT molecular complexity index is 510. The van der Waals surface area contributed by atoms with Crippen molar-refractivity contribution in [3.8, 4) is 0 Å². The number of hydrogen-bond acceptors (Lipinski definition) is 4. The number of piperazine rings is 1. The second kappa shape index (κ2) is 4.70. The summed E-state index contributed by atoms with van der Waals surface area (Å²) in [5.74, 6) is -0.224. The van der Waals surface area contributed by atoms with E-state index in [1.807, 2.05) is 4.90 Å². The minimum Gasteiger partial charge on any atom is -0.478 e. The summed E-state index contributed by atoms with van der Waals surface area (Å²) >= 11 is 0. The van der Waals surface area contributed by atoms with Gasteiger partial charge in [-0.3, -0.25) is 9.69 Å². The molecule has 0 spiro atoms. The number of furan rings is 1. The van der Waals surface area contributed by atoms with Gasteiger partial charge in [0.05, 0.1) is 12.8 Å². The van der Waals surface area contributed by atoms with Gasteiger partial charge in [0, 0.05) is 32.1 Å². The molecule has 3 heterocycles. The third-order valence-corrected chi connectivity index (χ3v) is 3.92. The van der Waals surface area contributed by atoms with Crippen molar-refractivity contribution in [3.63, 3.8) is 0 Å². The van der Waals surface area contributed by atoms with E-state index in [1.165, 1.54) is 12.3 Å². The lowest BCUT2D eigenvalue weighted by Crippen LogP contribution is -2.51. The highest BCUT2D eigenvalue weighted by atomic mass is 16.4. The van der Waals surface area contributed by atoms with Crippen LogP contribution < -0.4 is 0 Å². The fraction of sp³-hybridized carbons (Fsp3) is 0.538. The number of rotatable bonds is 3. The third kappa shape index (κ3) is 2.23. The van der Waals surface area contributed by atoms with Crippen molar-refractivity contribution < 1.29 is 19.1 Å². The van der Waals surface area contributed by atoms with Gasteiger partial charge in [-0.1, -0.05) is 0 Å². The first-order valence-electron chi connectivity index (χ1n) is 6.46. The number of carboxylic acid groups (broad SMARTS) is 1. The summed E-state index contributed by atoms with van der Waals surface area (Å²) in [6, 6.07) is 1.76. The van der Waals surface area contributed by atoms with Crippen LogP contribution in [0, 0.1) is 0 Å². The van der Waals surface area contributed by atoms with E-state index in [4.69, 9.17) is 9.52 Å². The van der Waals surface area contributed by atoms with Gasteiger partial charge in [0.1, 0.15) is 11.3 Å². The van der Waals surface area contributed by atoms with Crippen LogP contribution in [0.4, 0.5) is 0 Å². The Morgan fingerprint density at radius 1 is 1.47 bits per heavy atom. The topological polar surface area (TPSA) is 74.0 Å². The molecular weight excluding hydrogens is 248 g/mol. The Kier molecular flexibility index (Phi) is 3.02. The first kappa shape index (κ1) is 12.2. The molecule has 0 aromatic carbocycles. The summed E-state index contributed by atoms with van der Waals surface area (Å²) in [5, 5.41) is 9.04. The van der Waals surface area contributed by atoms with Gasteiger partial charge in [0.15, 0.2) is 0 Å². The summed E-state index contributed by atoms with van der Waals surface area (Å²) < 4.78 is 5.26. The molecule has 0 radical (unpaired) electrons. The minimum atomic E-state index is -0.960. The molecule has 102 valence electrons. The number of fused-ring (bicyclic) bond motifs is 1. The quantitative estimate of drug-likeness (QED) is 0.873. The Hall–Kier alpha value is -1.82. The van der Waals surface area contributed by atoms with E-state index in [0.29, 0.717) is 18.7 Å². The average Bonchev–Trinajstić information content (AvgIpc) is 2.97. The van der Waals surface area contributed by atoms with Crippen LogP contribution in [-0.2, 0) is 11.3 Å². The van der Waals surface area contributed by atoms with E-state index in [1.54, 1.807) is 0 Å². The first-order valence-corrected chi connectivity index (χ1v) is 6.46. The molecule has 2 saturated heterocycles. The van der Waals surface area contributed by atoms with Gasteiger partial charge in [0.25, 0.3) is 0 Å². The summed E-state index contributed by atoms with van der Waals surface area (Å²) in [5.41, 5.74) is 0.227. The predicted octanol–water partition coefficient (Wildman–Crippen LogP) is 0.784. The molecule has 6 heteroatoms. The Balaban J connectivity index is 1.67. The van der Waals surface area contributed by atoms with Crippen LogP contribution >= 0.6 is 0 Å². The largest absolute Gasteiger partial charge is 0.478 e. The molecule has 0 saturated carbocycles. The molecule has 1 aromatic heterocycles. The van der Waals surface area contributed by atoms with Crippen LogP contribution in [0.2, 0.25) is 0 Å². The highest BCUT2D eigenvalue weighted by Crippen LogP contribution is 2.24. The molecule has 1 amide bonds. The van der Waals surface area contributed by atoms with Crippen LogP contribution in [0.3, 0.4) is 0 Å². The molecule has 1 atom stereocenters. The lowest BCUT2D eigenvalue weighted by atomic mass is 10.1.